The van der Waals surface area contributed by atoms with Crippen LogP contribution in [0.5, 0.6) is 5.75 Å². The van der Waals surface area contributed by atoms with Crippen LogP contribution in [-0.4, -0.2) is 21.4 Å². The summed E-state index contributed by atoms with van der Waals surface area (Å²) < 4.78 is 31.2. The lowest BCUT2D eigenvalue weighted by Crippen LogP contribution is -2.28. The lowest BCUT2D eigenvalue weighted by molar-refractivity contribution is -0.114. The van der Waals surface area contributed by atoms with Gasteiger partial charge in [0, 0.05) is 17.2 Å². The molecule has 0 unspecified atom stereocenters. The average molecular weight is 352 g/mol. The van der Waals surface area contributed by atoms with E-state index < -0.39 is 15.9 Å². The van der Waals surface area contributed by atoms with Gasteiger partial charge in [-0.25, -0.2) is 13.1 Å². The van der Waals surface area contributed by atoms with Crippen molar-refractivity contribution in [2.24, 2.45) is 0 Å². The van der Waals surface area contributed by atoms with Crippen LogP contribution in [0.15, 0.2) is 59.5 Å². The molecule has 2 aromatic carbocycles. The van der Waals surface area contributed by atoms with Gasteiger partial charge in [0.15, 0.2) is 0 Å². The first kappa shape index (κ1) is 17.1. The molecular formula is C16H14ClNO4S. The molecule has 7 heteroatoms. The van der Waals surface area contributed by atoms with Crippen LogP contribution in [0.2, 0.25) is 5.02 Å². The molecule has 0 bridgehead atoms. The van der Waals surface area contributed by atoms with E-state index in [-0.39, 0.29) is 4.90 Å². The van der Waals surface area contributed by atoms with E-state index in [1.807, 2.05) is 4.72 Å². The minimum atomic E-state index is -3.96. The number of sulfonamides is 1. The zero-order valence-electron chi connectivity index (χ0n) is 12.2. The summed E-state index contributed by atoms with van der Waals surface area (Å²) in [6.07, 6.45) is 2.63. The third-order valence-corrected chi connectivity index (χ3v) is 4.48. The number of hydrogen-bond donors (Lipinski definition) is 1. The molecule has 0 aromatic heterocycles. The van der Waals surface area contributed by atoms with Crippen molar-refractivity contribution in [1.82, 2.24) is 4.72 Å². The van der Waals surface area contributed by atoms with Crippen LogP contribution >= 0.6 is 11.6 Å². The Kier molecular flexibility index (Phi) is 5.41. The van der Waals surface area contributed by atoms with Gasteiger partial charge in [-0.1, -0.05) is 29.8 Å². The van der Waals surface area contributed by atoms with E-state index in [9.17, 15) is 13.2 Å². The zero-order valence-corrected chi connectivity index (χ0v) is 13.8. The molecule has 1 amide bonds. The van der Waals surface area contributed by atoms with Crippen LogP contribution in [0.4, 0.5) is 0 Å². The Morgan fingerprint density at radius 1 is 1.17 bits per heavy atom. The molecule has 1 N–H and O–H groups in total. The van der Waals surface area contributed by atoms with Gasteiger partial charge in [-0.15, -0.1) is 0 Å². The second kappa shape index (κ2) is 7.30. The van der Waals surface area contributed by atoms with Crippen molar-refractivity contribution in [2.75, 3.05) is 7.11 Å². The van der Waals surface area contributed by atoms with Crippen molar-refractivity contribution in [1.29, 1.82) is 0 Å². The number of amides is 1. The zero-order chi connectivity index (χ0) is 16.9. The number of benzene rings is 2. The van der Waals surface area contributed by atoms with E-state index in [1.165, 1.54) is 31.4 Å². The number of halogens is 1. The molecule has 0 spiro atoms. The molecule has 0 atom stereocenters. The number of methoxy groups -OCH3 is 1. The summed E-state index contributed by atoms with van der Waals surface area (Å²) in [7, 11) is -2.53. The van der Waals surface area contributed by atoms with Crippen LogP contribution in [0.1, 0.15) is 5.56 Å². The Morgan fingerprint density at radius 2 is 1.87 bits per heavy atom. The monoisotopic (exact) mass is 351 g/mol. The highest BCUT2D eigenvalue weighted by Gasteiger charge is 2.16. The molecule has 0 saturated heterocycles. The van der Waals surface area contributed by atoms with Crippen LogP contribution in [-0.2, 0) is 14.8 Å². The molecule has 0 aliphatic carbocycles. The van der Waals surface area contributed by atoms with Gasteiger partial charge in [-0.05, 0) is 35.9 Å². The first-order chi connectivity index (χ1) is 10.9. The quantitative estimate of drug-likeness (QED) is 0.841. The average Bonchev–Trinajstić information content (AvgIpc) is 2.54. The predicted octanol–water partition coefficient (Wildman–Crippen LogP) is 2.87. The van der Waals surface area contributed by atoms with Gasteiger partial charge >= 0.3 is 0 Å². The molecule has 0 heterocycles. The Balaban J connectivity index is 2.10. The van der Waals surface area contributed by atoms with E-state index in [4.69, 9.17) is 16.3 Å². The number of hydrogen-bond acceptors (Lipinski definition) is 4. The molecule has 0 fully saturated rings. The van der Waals surface area contributed by atoms with Crippen molar-refractivity contribution < 1.29 is 17.9 Å². The first-order valence-electron chi connectivity index (χ1n) is 6.55. The molecule has 2 aromatic rings. The topological polar surface area (TPSA) is 72.5 Å². The predicted molar refractivity (Wildman–Crippen MR) is 88.8 cm³/mol. The molecule has 0 aliphatic rings. The summed E-state index contributed by atoms with van der Waals surface area (Å²) in [6.45, 7) is 0. The highest BCUT2D eigenvalue weighted by atomic mass is 35.5. The molecule has 120 valence electrons. The molecule has 2 rings (SSSR count). The highest BCUT2D eigenvalue weighted by molar-refractivity contribution is 7.90. The van der Waals surface area contributed by atoms with Gasteiger partial charge in [0.1, 0.15) is 5.75 Å². The van der Waals surface area contributed by atoms with E-state index >= 15 is 0 Å². The molecule has 0 saturated carbocycles. The Morgan fingerprint density at radius 3 is 2.52 bits per heavy atom. The van der Waals surface area contributed by atoms with Gasteiger partial charge < -0.3 is 4.74 Å². The summed E-state index contributed by atoms with van der Waals surface area (Å²) in [5, 5.41) is 0.576. The molecule has 0 radical (unpaired) electrons. The Hall–Kier alpha value is -2.31. The van der Waals surface area contributed by atoms with Crippen LogP contribution in [0, 0.1) is 0 Å². The fraction of sp³-hybridized carbons (Fsp3) is 0.0625. The summed E-state index contributed by atoms with van der Waals surface area (Å²) in [5.41, 5.74) is 0.725. The largest absolute Gasteiger partial charge is 0.497 e. The van der Waals surface area contributed by atoms with Gasteiger partial charge in [0.2, 0.25) is 0 Å². The maximum Gasteiger partial charge on any atom is 0.264 e. The lowest BCUT2D eigenvalue weighted by atomic mass is 10.2. The van der Waals surface area contributed by atoms with Crippen molar-refractivity contribution >= 4 is 33.6 Å². The van der Waals surface area contributed by atoms with Crippen LogP contribution in [0.3, 0.4) is 0 Å². The van der Waals surface area contributed by atoms with Gasteiger partial charge in [0.05, 0.1) is 12.0 Å². The minimum absolute atomic E-state index is 0.0508. The second-order valence-electron chi connectivity index (χ2n) is 4.53. The fourth-order valence-corrected chi connectivity index (χ4v) is 2.85. The maximum absolute atomic E-state index is 12.1. The van der Waals surface area contributed by atoms with Crippen molar-refractivity contribution in [3.05, 3.63) is 65.2 Å². The van der Waals surface area contributed by atoms with Crippen molar-refractivity contribution in [3.8, 4) is 5.75 Å². The second-order valence-corrected chi connectivity index (χ2v) is 6.65. The van der Waals surface area contributed by atoms with Gasteiger partial charge in [0.25, 0.3) is 15.9 Å². The van der Waals surface area contributed by atoms with Gasteiger partial charge in [-0.3, -0.25) is 4.79 Å². The minimum Gasteiger partial charge on any atom is -0.497 e. The summed E-state index contributed by atoms with van der Waals surface area (Å²) >= 11 is 5.76. The van der Waals surface area contributed by atoms with E-state index in [0.29, 0.717) is 10.8 Å². The van der Waals surface area contributed by atoms with Crippen LogP contribution in [0.25, 0.3) is 6.08 Å². The van der Waals surface area contributed by atoms with E-state index in [0.717, 1.165) is 11.6 Å². The summed E-state index contributed by atoms with van der Waals surface area (Å²) in [4.78, 5) is 11.7. The molecule has 23 heavy (non-hydrogen) atoms. The third-order valence-electron chi connectivity index (χ3n) is 2.88. The standard InChI is InChI=1S/C16H14ClNO4S/c1-22-14-3-2-4-15(11-14)23(20,21)18-16(19)10-7-12-5-8-13(17)9-6-12/h2-11H,1H3,(H,18,19)/b10-7+. The summed E-state index contributed by atoms with van der Waals surface area (Å²) in [6, 6.07) is 12.6. The Labute approximate surface area is 139 Å². The normalized spacial score (nSPS) is 11.4. The number of ether oxygens (including phenoxy) is 1. The maximum atomic E-state index is 12.1. The van der Waals surface area contributed by atoms with Crippen molar-refractivity contribution in [2.45, 2.75) is 4.90 Å². The van der Waals surface area contributed by atoms with E-state index in [2.05, 4.69) is 0 Å². The highest BCUT2D eigenvalue weighted by Crippen LogP contribution is 2.17. The third kappa shape index (κ3) is 4.84. The molecule has 5 nitrogen and oxygen atoms in total. The van der Waals surface area contributed by atoms with E-state index in [1.54, 1.807) is 30.3 Å². The SMILES string of the molecule is COc1cccc(S(=O)(=O)NC(=O)/C=C/c2ccc(Cl)cc2)c1. The number of rotatable bonds is 5. The summed E-state index contributed by atoms with van der Waals surface area (Å²) in [5.74, 6) is -0.361. The Bertz CT molecular complexity index is 829. The fourth-order valence-electron chi connectivity index (χ4n) is 1.74. The van der Waals surface area contributed by atoms with Gasteiger partial charge in [-0.2, -0.15) is 0 Å². The number of carbonyl (C=O) groups is 1. The van der Waals surface area contributed by atoms with Crippen LogP contribution < -0.4 is 9.46 Å². The smallest absolute Gasteiger partial charge is 0.264 e. The first-order valence-corrected chi connectivity index (χ1v) is 8.41. The number of carbonyl (C=O) groups excluding carboxylic acids is 1. The van der Waals surface area contributed by atoms with Crippen molar-refractivity contribution in [3.63, 3.8) is 0 Å². The lowest BCUT2D eigenvalue weighted by Gasteiger charge is -2.06. The molecular weight excluding hydrogens is 338 g/mol. The molecule has 0 aliphatic heterocycles. The number of nitrogens with one attached hydrogen (secondary N) is 1.